The van der Waals surface area contributed by atoms with Crippen LogP contribution in [0.1, 0.15) is 6.92 Å². The third-order valence-electron chi connectivity index (χ3n) is 2.14. The van der Waals surface area contributed by atoms with Gasteiger partial charge in [0.25, 0.3) is 0 Å². The van der Waals surface area contributed by atoms with Gasteiger partial charge in [0, 0.05) is 12.3 Å². The van der Waals surface area contributed by atoms with Crippen molar-refractivity contribution < 1.29 is 9.47 Å². The number of nitrogens with two attached hydrogens (primary N) is 2. The van der Waals surface area contributed by atoms with Crippen LogP contribution in [0.4, 0.5) is 11.4 Å². The van der Waals surface area contributed by atoms with Gasteiger partial charge in [0.1, 0.15) is 12.0 Å². The Bertz CT molecular complexity index is 371. The van der Waals surface area contributed by atoms with Crippen molar-refractivity contribution in [3.05, 3.63) is 12.1 Å². The third-order valence-corrected chi connectivity index (χ3v) is 3.33. The Morgan fingerprint density at radius 3 is 2.93 bits per heavy atom. The summed E-state index contributed by atoms with van der Waals surface area (Å²) in [6, 6.07) is 3.55. The van der Waals surface area contributed by atoms with Gasteiger partial charge in [-0.2, -0.15) is 0 Å². The highest BCUT2D eigenvalue weighted by molar-refractivity contribution is 8.00. The van der Waals surface area contributed by atoms with Crippen LogP contribution in [0.5, 0.6) is 5.75 Å². The lowest BCUT2D eigenvalue weighted by Gasteiger charge is -2.26. The Labute approximate surface area is 92.9 Å². The molecule has 0 radical (unpaired) electrons. The first-order chi connectivity index (χ1) is 7.22. The molecule has 1 aliphatic heterocycles. The molecule has 5 heteroatoms. The summed E-state index contributed by atoms with van der Waals surface area (Å²) in [5.74, 6) is 0.691. The predicted molar refractivity (Wildman–Crippen MR) is 62.0 cm³/mol. The lowest BCUT2D eigenvalue weighted by molar-refractivity contribution is 0.0808. The van der Waals surface area contributed by atoms with Crippen LogP contribution in [-0.4, -0.2) is 18.6 Å². The number of hydrogen-bond acceptors (Lipinski definition) is 5. The van der Waals surface area contributed by atoms with E-state index in [4.69, 9.17) is 20.9 Å². The van der Waals surface area contributed by atoms with Crippen molar-refractivity contribution in [2.75, 3.05) is 24.7 Å². The molecule has 82 valence electrons. The molecule has 4 nitrogen and oxygen atoms in total. The number of fused-ring (bicyclic) bond motifs is 1. The van der Waals surface area contributed by atoms with Gasteiger partial charge in [-0.05, 0) is 19.1 Å². The molecule has 2 rings (SSSR count). The molecule has 0 fully saturated rings. The summed E-state index contributed by atoms with van der Waals surface area (Å²) in [6.07, 6.45) is 0. The summed E-state index contributed by atoms with van der Waals surface area (Å²) in [6.45, 7) is 3.14. The van der Waals surface area contributed by atoms with E-state index in [1.807, 2.05) is 6.92 Å². The maximum Gasteiger partial charge on any atom is 0.158 e. The van der Waals surface area contributed by atoms with Crippen molar-refractivity contribution in [3.8, 4) is 5.75 Å². The van der Waals surface area contributed by atoms with E-state index in [-0.39, 0.29) is 5.44 Å². The summed E-state index contributed by atoms with van der Waals surface area (Å²) in [4.78, 5) is 0.889. The average molecular weight is 226 g/mol. The Hall–Kier alpha value is -1.07. The SMILES string of the molecule is CCOC1COc2c(N)ccc(N)c2S1. The fraction of sp³-hybridized carbons (Fsp3) is 0.400. The predicted octanol–water partition coefficient (Wildman–Crippen LogP) is 1.70. The highest BCUT2D eigenvalue weighted by Gasteiger charge is 2.24. The van der Waals surface area contributed by atoms with Gasteiger partial charge < -0.3 is 20.9 Å². The van der Waals surface area contributed by atoms with Crippen LogP contribution < -0.4 is 16.2 Å². The van der Waals surface area contributed by atoms with E-state index in [1.54, 1.807) is 23.9 Å². The number of ether oxygens (including phenoxy) is 2. The molecule has 15 heavy (non-hydrogen) atoms. The Morgan fingerprint density at radius 2 is 2.20 bits per heavy atom. The van der Waals surface area contributed by atoms with E-state index in [2.05, 4.69) is 0 Å². The zero-order chi connectivity index (χ0) is 10.8. The molecule has 0 amide bonds. The quantitative estimate of drug-likeness (QED) is 0.751. The van der Waals surface area contributed by atoms with Crippen LogP contribution in [-0.2, 0) is 4.74 Å². The van der Waals surface area contributed by atoms with Gasteiger partial charge in [-0.15, -0.1) is 0 Å². The molecule has 1 aromatic carbocycles. The normalized spacial score (nSPS) is 19.4. The van der Waals surface area contributed by atoms with Crippen molar-refractivity contribution in [3.63, 3.8) is 0 Å². The summed E-state index contributed by atoms with van der Waals surface area (Å²) in [5.41, 5.74) is 13.0. The zero-order valence-corrected chi connectivity index (χ0v) is 9.34. The van der Waals surface area contributed by atoms with Crippen LogP contribution in [0, 0.1) is 0 Å². The first-order valence-corrected chi connectivity index (χ1v) is 5.69. The minimum absolute atomic E-state index is 0.00611. The van der Waals surface area contributed by atoms with Crippen molar-refractivity contribution in [1.29, 1.82) is 0 Å². The summed E-state index contributed by atoms with van der Waals surface area (Å²) in [5, 5.41) is 0. The van der Waals surface area contributed by atoms with E-state index < -0.39 is 0 Å². The topological polar surface area (TPSA) is 70.5 Å². The standard InChI is InChI=1S/C10H14N2O2S/c1-2-13-8-5-14-9-6(11)3-4-7(12)10(9)15-8/h3-4,8H,2,5,11-12H2,1H3. The lowest BCUT2D eigenvalue weighted by atomic mass is 10.2. The highest BCUT2D eigenvalue weighted by Crippen LogP contribution is 2.44. The van der Waals surface area contributed by atoms with Crippen LogP contribution in [0.2, 0.25) is 0 Å². The molecule has 0 aliphatic carbocycles. The highest BCUT2D eigenvalue weighted by atomic mass is 32.2. The lowest BCUT2D eigenvalue weighted by Crippen LogP contribution is -2.23. The smallest absolute Gasteiger partial charge is 0.158 e. The number of benzene rings is 1. The molecule has 1 aromatic rings. The van der Waals surface area contributed by atoms with E-state index in [0.29, 0.717) is 30.3 Å². The zero-order valence-electron chi connectivity index (χ0n) is 8.53. The van der Waals surface area contributed by atoms with Gasteiger partial charge in [0.2, 0.25) is 0 Å². The number of anilines is 2. The molecule has 1 aliphatic rings. The van der Waals surface area contributed by atoms with Crippen molar-refractivity contribution in [1.82, 2.24) is 0 Å². The Kier molecular flexibility index (Phi) is 2.93. The largest absolute Gasteiger partial charge is 0.487 e. The fourth-order valence-electron chi connectivity index (χ4n) is 1.45. The second-order valence-electron chi connectivity index (χ2n) is 3.22. The van der Waals surface area contributed by atoms with E-state index >= 15 is 0 Å². The molecular weight excluding hydrogens is 212 g/mol. The van der Waals surface area contributed by atoms with E-state index in [9.17, 15) is 0 Å². The molecule has 0 aromatic heterocycles. The molecule has 4 N–H and O–H groups in total. The summed E-state index contributed by atoms with van der Waals surface area (Å²) in [7, 11) is 0. The Balaban J connectivity index is 2.28. The van der Waals surface area contributed by atoms with Crippen molar-refractivity contribution >= 4 is 23.1 Å². The van der Waals surface area contributed by atoms with Crippen molar-refractivity contribution in [2.45, 2.75) is 17.3 Å². The van der Waals surface area contributed by atoms with Crippen LogP contribution in [0.15, 0.2) is 17.0 Å². The molecular formula is C10H14N2O2S. The fourth-order valence-corrected chi connectivity index (χ4v) is 2.54. The third kappa shape index (κ3) is 1.98. The number of thioether (sulfide) groups is 1. The minimum atomic E-state index is 0.00611. The monoisotopic (exact) mass is 226 g/mol. The molecule has 0 bridgehead atoms. The maximum atomic E-state index is 5.86. The van der Waals surface area contributed by atoms with Gasteiger partial charge in [-0.3, -0.25) is 0 Å². The van der Waals surface area contributed by atoms with Crippen LogP contribution in [0.25, 0.3) is 0 Å². The van der Waals surface area contributed by atoms with Gasteiger partial charge in [0.15, 0.2) is 5.75 Å². The second-order valence-corrected chi connectivity index (χ2v) is 4.39. The van der Waals surface area contributed by atoms with Gasteiger partial charge >= 0.3 is 0 Å². The Morgan fingerprint density at radius 1 is 1.47 bits per heavy atom. The molecule has 1 atom stereocenters. The molecule has 1 heterocycles. The number of nitrogen functional groups attached to an aromatic ring is 2. The molecule has 1 unspecified atom stereocenters. The van der Waals surface area contributed by atoms with Crippen LogP contribution >= 0.6 is 11.8 Å². The van der Waals surface area contributed by atoms with E-state index in [0.717, 1.165) is 4.90 Å². The molecule has 0 saturated carbocycles. The van der Waals surface area contributed by atoms with Gasteiger partial charge in [-0.25, -0.2) is 0 Å². The first-order valence-electron chi connectivity index (χ1n) is 4.81. The van der Waals surface area contributed by atoms with E-state index in [1.165, 1.54) is 0 Å². The second kappa shape index (κ2) is 4.20. The molecule has 0 saturated heterocycles. The average Bonchev–Trinajstić information content (AvgIpc) is 2.24. The van der Waals surface area contributed by atoms with Crippen molar-refractivity contribution in [2.24, 2.45) is 0 Å². The minimum Gasteiger partial charge on any atom is -0.487 e. The number of hydrogen-bond donors (Lipinski definition) is 2. The maximum absolute atomic E-state index is 5.86. The summed E-state index contributed by atoms with van der Waals surface area (Å²) >= 11 is 1.57. The summed E-state index contributed by atoms with van der Waals surface area (Å²) < 4.78 is 11.0. The van der Waals surface area contributed by atoms with Gasteiger partial charge in [-0.1, -0.05) is 11.8 Å². The molecule has 0 spiro atoms. The van der Waals surface area contributed by atoms with Gasteiger partial charge in [0.05, 0.1) is 10.6 Å². The first kappa shape index (κ1) is 10.4. The number of rotatable bonds is 2. The van der Waals surface area contributed by atoms with Crippen LogP contribution in [0.3, 0.4) is 0 Å².